The molecule has 1 heterocycles. The van der Waals surface area contributed by atoms with Crippen LogP contribution in [0.1, 0.15) is 29.8 Å². The van der Waals surface area contributed by atoms with Crippen molar-refractivity contribution in [2.75, 3.05) is 11.9 Å². The van der Waals surface area contributed by atoms with Crippen LogP contribution < -0.4 is 10.1 Å². The number of halogens is 1. The molecule has 0 bridgehead atoms. The molecule has 0 saturated heterocycles. The van der Waals surface area contributed by atoms with E-state index in [0.29, 0.717) is 11.5 Å². The van der Waals surface area contributed by atoms with E-state index < -0.39 is 0 Å². The maximum absolute atomic E-state index is 12.1. The van der Waals surface area contributed by atoms with Gasteiger partial charge in [0.25, 0.3) is 5.91 Å². The van der Waals surface area contributed by atoms with Gasteiger partial charge in [-0.3, -0.25) is 4.79 Å². The van der Waals surface area contributed by atoms with Crippen LogP contribution >= 0.6 is 15.9 Å². The zero-order valence-electron chi connectivity index (χ0n) is 10.7. The Kier molecular flexibility index (Phi) is 4.27. The standard InChI is InChI=1S/C14H18BrNO2/c1-9(2)12(8-15)16-14(17)11-3-4-13-10(7-11)5-6-18-13/h3-4,7,9,12H,5-6,8H2,1-2H3,(H,16,17). The first kappa shape index (κ1) is 13.4. The molecule has 0 aromatic heterocycles. The van der Waals surface area contributed by atoms with E-state index in [4.69, 9.17) is 4.74 Å². The fraction of sp³-hybridized carbons (Fsp3) is 0.500. The van der Waals surface area contributed by atoms with E-state index in [0.717, 1.165) is 29.7 Å². The molecule has 1 atom stereocenters. The first-order valence-corrected chi connectivity index (χ1v) is 7.36. The predicted molar refractivity (Wildman–Crippen MR) is 75.5 cm³/mol. The van der Waals surface area contributed by atoms with Gasteiger partial charge in [-0.2, -0.15) is 0 Å². The molecular formula is C14H18BrNO2. The highest BCUT2D eigenvalue weighted by atomic mass is 79.9. The van der Waals surface area contributed by atoms with Gasteiger partial charge in [0.05, 0.1) is 6.61 Å². The highest BCUT2D eigenvalue weighted by molar-refractivity contribution is 9.09. The average Bonchev–Trinajstić information content (AvgIpc) is 2.82. The Balaban J connectivity index is 2.09. The third-order valence-electron chi connectivity index (χ3n) is 3.24. The molecule has 1 aliphatic heterocycles. The Morgan fingerprint density at radius 1 is 1.50 bits per heavy atom. The molecule has 1 aromatic carbocycles. The van der Waals surface area contributed by atoms with Crippen LogP contribution in [0.5, 0.6) is 5.75 Å². The number of rotatable bonds is 4. The van der Waals surface area contributed by atoms with Gasteiger partial charge in [-0.05, 0) is 29.7 Å². The summed E-state index contributed by atoms with van der Waals surface area (Å²) in [6.07, 6.45) is 0.891. The number of alkyl halides is 1. The lowest BCUT2D eigenvalue weighted by Gasteiger charge is -2.20. The minimum absolute atomic E-state index is 0.0112. The third kappa shape index (κ3) is 2.86. The van der Waals surface area contributed by atoms with Crippen LogP contribution in [0.2, 0.25) is 0 Å². The number of carbonyl (C=O) groups is 1. The van der Waals surface area contributed by atoms with Crippen LogP contribution in [0.4, 0.5) is 0 Å². The van der Waals surface area contributed by atoms with E-state index in [1.54, 1.807) is 0 Å². The van der Waals surface area contributed by atoms with E-state index >= 15 is 0 Å². The maximum atomic E-state index is 12.1. The predicted octanol–water partition coefficient (Wildman–Crippen LogP) is 2.77. The molecule has 0 aliphatic carbocycles. The third-order valence-corrected chi connectivity index (χ3v) is 3.94. The summed E-state index contributed by atoms with van der Waals surface area (Å²) in [5.74, 6) is 1.31. The van der Waals surface area contributed by atoms with E-state index in [1.807, 2.05) is 18.2 Å². The number of carbonyl (C=O) groups excluding carboxylic acids is 1. The molecule has 3 nitrogen and oxygen atoms in total. The molecule has 18 heavy (non-hydrogen) atoms. The van der Waals surface area contributed by atoms with Gasteiger partial charge in [-0.1, -0.05) is 29.8 Å². The van der Waals surface area contributed by atoms with Crippen molar-refractivity contribution in [3.63, 3.8) is 0 Å². The van der Waals surface area contributed by atoms with E-state index in [9.17, 15) is 4.79 Å². The van der Waals surface area contributed by atoms with Gasteiger partial charge in [0, 0.05) is 23.4 Å². The van der Waals surface area contributed by atoms with Crippen LogP contribution in [0.15, 0.2) is 18.2 Å². The fourth-order valence-electron chi connectivity index (χ4n) is 1.96. The summed E-state index contributed by atoms with van der Waals surface area (Å²) < 4.78 is 5.43. The number of benzene rings is 1. The Hall–Kier alpha value is -1.03. The van der Waals surface area contributed by atoms with Gasteiger partial charge in [-0.25, -0.2) is 0 Å². The number of hydrogen-bond acceptors (Lipinski definition) is 2. The molecule has 2 rings (SSSR count). The minimum atomic E-state index is -0.0112. The van der Waals surface area contributed by atoms with E-state index in [1.165, 1.54) is 0 Å². The van der Waals surface area contributed by atoms with E-state index in [-0.39, 0.29) is 11.9 Å². The lowest BCUT2D eigenvalue weighted by atomic mass is 10.0. The van der Waals surface area contributed by atoms with Gasteiger partial charge < -0.3 is 10.1 Å². The lowest BCUT2D eigenvalue weighted by molar-refractivity contribution is 0.0931. The Morgan fingerprint density at radius 3 is 2.94 bits per heavy atom. The van der Waals surface area contributed by atoms with Crippen molar-refractivity contribution >= 4 is 21.8 Å². The summed E-state index contributed by atoms with van der Waals surface area (Å²) in [5, 5.41) is 3.82. The number of hydrogen-bond donors (Lipinski definition) is 1. The van der Waals surface area contributed by atoms with Crippen LogP contribution in [0.25, 0.3) is 0 Å². The fourth-order valence-corrected chi connectivity index (χ4v) is 2.87. The molecular weight excluding hydrogens is 294 g/mol. The molecule has 0 radical (unpaired) electrons. The summed E-state index contributed by atoms with van der Waals surface area (Å²) in [7, 11) is 0. The number of ether oxygens (including phenoxy) is 1. The zero-order valence-corrected chi connectivity index (χ0v) is 12.3. The lowest BCUT2D eigenvalue weighted by Crippen LogP contribution is -2.39. The van der Waals surface area contributed by atoms with Crippen molar-refractivity contribution in [1.29, 1.82) is 0 Å². The quantitative estimate of drug-likeness (QED) is 0.868. The second-order valence-electron chi connectivity index (χ2n) is 4.90. The highest BCUT2D eigenvalue weighted by Crippen LogP contribution is 2.25. The zero-order chi connectivity index (χ0) is 13.1. The van der Waals surface area contributed by atoms with Crippen molar-refractivity contribution in [2.24, 2.45) is 5.92 Å². The molecule has 0 spiro atoms. The Bertz CT molecular complexity index is 445. The summed E-state index contributed by atoms with van der Waals surface area (Å²) in [4.78, 5) is 12.1. The largest absolute Gasteiger partial charge is 0.493 e. The van der Waals surface area contributed by atoms with Crippen LogP contribution in [-0.2, 0) is 6.42 Å². The van der Waals surface area contributed by atoms with Crippen molar-refractivity contribution in [3.05, 3.63) is 29.3 Å². The molecule has 1 amide bonds. The summed E-state index contributed by atoms with van der Waals surface area (Å²) >= 11 is 3.43. The summed E-state index contributed by atoms with van der Waals surface area (Å²) in [6, 6.07) is 5.80. The Morgan fingerprint density at radius 2 is 2.28 bits per heavy atom. The van der Waals surface area contributed by atoms with Gasteiger partial charge >= 0.3 is 0 Å². The number of amides is 1. The second-order valence-corrected chi connectivity index (χ2v) is 5.55. The number of fused-ring (bicyclic) bond motifs is 1. The summed E-state index contributed by atoms with van der Waals surface area (Å²) in [5.41, 5.74) is 1.84. The molecule has 1 unspecified atom stereocenters. The Labute approximate surface area is 116 Å². The van der Waals surface area contributed by atoms with Crippen molar-refractivity contribution in [2.45, 2.75) is 26.3 Å². The van der Waals surface area contributed by atoms with Crippen molar-refractivity contribution < 1.29 is 9.53 Å². The topological polar surface area (TPSA) is 38.3 Å². The van der Waals surface area contributed by atoms with Gasteiger partial charge in [0.2, 0.25) is 0 Å². The molecule has 0 saturated carbocycles. The van der Waals surface area contributed by atoms with Crippen LogP contribution in [0.3, 0.4) is 0 Å². The van der Waals surface area contributed by atoms with Crippen LogP contribution in [0, 0.1) is 5.92 Å². The van der Waals surface area contributed by atoms with Crippen molar-refractivity contribution in [3.8, 4) is 5.75 Å². The molecule has 1 N–H and O–H groups in total. The highest BCUT2D eigenvalue weighted by Gasteiger charge is 2.18. The minimum Gasteiger partial charge on any atom is -0.493 e. The SMILES string of the molecule is CC(C)C(CBr)NC(=O)c1ccc2c(c1)CCO2. The monoisotopic (exact) mass is 311 g/mol. The summed E-state index contributed by atoms with van der Waals surface area (Å²) in [6.45, 7) is 4.92. The molecule has 1 aliphatic rings. The molecule has 1 aromatic rings. The smallest absolute Gasteiger partial charge is 0.251 e. The van der Waals surface area contributed by atoms with Crippen molar-refractivity contribution in [1.82, 2.24) is 5.32 Å². The van der Waals surface area contributed by atoms with E-state index in [2.05, 4.69) is 35.1 Å². The van der Waals surface area contributed by atoms with Gasteiger partial charge in [0.1, 0.15) is 5.75 Å². The average molecular weight is 312 g/mol. The second kappa shape index (κ2) is 5.74. The normalized spacial score (nSPS) is 15.1. The molecule has 4 heteroatoms. The van der Waals surface area contributed by atoms with Gasteiger partial charge in [0.15, 0.2) is 0 Å². The molecule has 0 fully saturated rings. The maximum Gasteiger partial charge on any atom is 0.251 e. The molecule has 98 valence electrons. The van der Waals surface area contributed by atoms with Gasteiger partial charge in [-0.15, -0.1) is 0 Å². The van der Waals surface area contributed by atoms with Crippen LogP contribution in [-0.4, -0.2) is 23.9 Å². The first-order valence-electron chi connectivity index (χ1n) is 6.24. The number of nitrogens with one attached hydrogen (secondary N) is 1. The first-order chi connectivity index (χ1) is 8.61.